The van der Waals surface area contributed by atoms with Gasteiger partial charge in [0.25, 0.3) is 0 Å². The Morgan fingerprint density at radius 2 is 2.22 bits per heavy atom. The average molecular weight is 248 g/mol. The molecular weight excluding hydrogens is 240 g/mol. The lowest BCUT2D eigenvalue weighted by atomic mass is 9.90. The van der Waals surface area contributed by atoms with Crippen molar-refractivity contribution in [2.45, 2.75) is 0 Å². The summed E-state index contributed by atoms with van der Waals surface area (Å²) >= 11 is 1.43. The molecule has 0 N–H and O–H groups in total. The standard InChI is InChI=1S/C15H8N2S/c16-8-13-11(14-5-6-17-18-14)4-3-9-1-2-10-7-12(10)15(9)13/h1-7,10H. The van der Waals surface area contributed by atoms with Gasteiger partial charge in [-0.25, -0.2) is 4.37 Å². The summed E-state index contributed by atoms with van der Waals surface area (Å²) in [5.41, 5.74) is 5.36. The van der Waals surface area contributed by atoms with Crippen LogP contribution in [-0.4, -0.2) is 4.37 Å². The maximum Gasteiger partial charge on any atom is 0.100 e. The molecular formula is C15H8N2S. The van der Waals surface area contributed by atoms with Gasteiger partial charge in [-0.15, -0.1) is 0 Å². The van der Waals surface area contributed by atoms with Crippen LogP contribution in [0.25, 0.3) is 22.1 Å². The number of nitriles is 1. The molecule has 0 bridgehead atoms. The normalized spacial score (nSPS) is 18.6. The Balaban J connectivity index is 2.03. The summed E-state index contributed by atoms with van der Waals surface area (Å²) < 4.78 is 4.12. The first-order valence-electron chi connectivity index (χ1n) is 5.77. The number of fused-ring (bicyclic) bond motifs is 3. The molecule has 0 radical (unpaired) electrons. The molecule has 2 aromatic rings. The monoisotopic (exact) mass is 248 g/mol. The summed E-state index contributed by atoms with van der Waals surface area (Å²) in [7, 11) is 0. The minimum absolute atomic E-state index is 0.460. The molecule has 3 heteroatoms. The van der Waals surface area contributed by atoms with Gasteiger partial charge in [0.1, 0.15) is 6.07 Å². The number of hydrogen-bond acceptors (Lipinski definition) is 3. The Labute approximate surface area is 109 Å². The van der Waals surface area contributed by atoms with Crippen LogP contribution in [0.5, 0.6) is 0 Å². The zero-order valence-corrected chi connectivity index (χ0v) is 10.2. The molecule has 0 fully saturated rings. The molecule has 1 aromatic heterocycles. The fraction of sp³-hybridized carbons (Fsp3) is 0.0667. The quantitative estimate of drug-likeness (QED) is 0.771. The van der Waals surface area contributed by atoms with Crippen LogP contribution in [-0.2, 0) is 0 Å². The lowest BCUT2D eigenvalue weighted by Crippen LogP contribution is -1.97. The highest BCUT2D eigenvalue weighted by molar-refractivity contribution is 7.09. The second-order valence-corrected chi connectivity index (χ2v) is 5.28. The minimum atomic E-state index is 0.460. The van der Waals surface area contributed by atoms with E-state index in [1.807, 2.05) is 12.1 Å². The van der Waals surface area contributed by atoms with E-state index >= 15 is 0 Å². The van der Waals surface area contributed by atoms with Gasteiger partial charge < -0.3 is 0 Å². The van der Waals surface area contributed by atoms with E-state index in [-0.39, 0.29) is 0 Å². The Kier molecular flexibility index (Phi) is 1.86. The molecule has 84 valence electrons. The molecule has 18 heavy (non-hydrogen) atoms. The van der Waals surface area contributed by atoms with Crippen LogP contribution < -0.4 is 0 Å². The van der Waals surface area contributed by atoms with Crippen molar-refractivity contribution in [2.24, 2.45) is 5.92 Å². The molecule has 2 aliphatic rings. The third kappa shape index (κ3) is 1.24. The van der Waals surface area contributed by atoms with Crippen LogP contribution in [0, 0.1) is 17.2 Å². The second kappa shape index (κ2) is 3.41. The van der Waals surface area contributed by atoms with E-state index in [2.05, 4.69) is 34.7 Å². The highest BCUT2D eigenvalue weighted by Crippen LogP contribution is 2.48. The highest BCUT2D eigenvalue weighted by atomic mass is 32.1. The molecule has 0 aliphatic heterocycles. The van der Waals surface area contributed by atoms with Gasteiger partial charge in [0, 0.05) is 23.2 Å². The molecule has 1 atom stereocenters. The smallest absolute Gasteiger partial charge is 0.100 e. The summed E-state index contributed by atoms with van der Waals surface area (Å²) in [5, 5.41) is 9.49. The second-order valence-electron chi connectivity index (χ2n) is 4.45. The third-order valence-electron chi connectivity index (χ3n) is 3.43. The van der Waals surface area contributed by atoms with Crippen molar-refractivity contribution in [2.75, 3.05) is 0 Å². The predicted molar refractivity (Wildman–Crippen MR) is 72.8 cm³/mol. The van der Waals surface area contributed by atoms with Gasteiger partial charge in [0.2, 0.25) is 0 Å². The van der Waals surface area contributed by atoms with Crippen molar-refractivity contribution in [1.82, 2.24) is 4.37 Å². The summed E-state index contributed by atoms with van der Waals surface area (Å²) in [6.07, 6.45) is 8.29. The van der Waals surface area contributed by atoms with E-state index in [1.165, 1.54) is 17.1 Å². The van der Waals surface area contributed by atoms with Gasteiger partial charge in [-0.2, -0.15) is 5.26 Å². The maximum absolute atomic E-state index is 9.49. The van der Waals surface area contributed by atoms with E-state index in [9.17, 15) is 5.26 Å². The van der Waals surface area contributed by atoms with Gasteiger partial charge in [-0.3, -0.25) is 0 Å². The number of rotatable bonds is 1. The molecule has 0 spiro atoms. The van der Waals surface area contributed by atoms with Gasteiger partial charge in [0.05, 0.1) is 10.4 Å². The van der Waals surface area contributed by atoms with Gasteiger partial charge in [-0.05, 0) is 28.7 Å². The van der Waals surface area contributed by atoms with Crippen LogP contribution in [0.3, 0.4) is 0 Å². The van der Waals surface area contributed by atoms with Crippen LogP contribution in [0.2, 0.25) is 0 Å². The number of aromatic nitrogens is 1. The van der Waals surface area contributed by atoms with E-state index in [4.69, 9.17) is 0 Å². The largest absolute Gasteiger partial charge is 0.201 e. The van der Waals surface area contributed by atoms with Crippen molar-refractivity contribution < 1.29 is 0 Å². The number of allylic oxidation sites excluding steroid dienone is 3. The Morgan fingerprint density at radius 1 is 1.28 bits per heavy atom. The molecule has 2 aliphatic carbocycles. The highest BCUT2D eigenvalue weighted by Gasteiger charge is 2.31. The fourth-order valence-corrected chi connectivity index (χ4v) is 3.13. The molecule has 4 rings (SSSR count). The van der Waals surface area contributed by atoms with Crippen LogP contribution in [0.15, 0.2) is 36.5 Å². The predicted octanol–water partition coefficient (Wildman–Crippen LogP) is 3.72. The molecule has 2 nitrogen and oxygen atoms in total. The number of nitrogens with zero attached hydrogens (tertiary/aromatic N) is 2. The van der Waals surface area contributed by atoms with E-state index in [1.54, 1.807) is 6.20 Å². The van der Waals surface area contributed by atoms with Gasteiger partial charge in [-0.1, -0.05) is 30.4 Å². The summed E-state index contributed by atoms with van der Waals surface area (Å²) in [5.74, 6) is 0.460. The van der Waals surface area contributed by atoms with Crippen LogP contribution in [0.4, 0.5) is 0 Å². The Morgan fingerprint density at radius 3 is 3.00 bits per heavy atom. The van der Waals surface area contributed by atoms with Crippen LogP contribution >= 0.6 is 11.5 Å². The molecule has 1 unspecified atom stereocenters. The zero-order valence-electron chi connectivity index (χ0n) is 9.42. The first kappa shape index (κ1) is 9.81. The molecule has 0 saturated carbocycles. The molecule has 1 heterocycles. The summed E-state index contributed by atoms with van der Waals surface area (Å²) in [6, 6.07) is 8.46. The van der Waals surface area contributed by atoms with Gasteiger partial charge >= 0.3 is 0 Å². The maximum atomic E-state index is 9.49. The lowest BCUT2D eigenvalue weighted by molar-refractivity contribution is 1.25. The zero-order chi connectivity index (χ0) is 12.1. The Hall–Kier alpha value is -2.18. The molecule has 1 aromatic carbocycles. The average Bonchev–Trinajstić information content (AvgIpc) is 3.01. The van der Waals surface area contributed by atoms with E-state index < -0.39 is 0 Å². The van der Waals surface area contributed by atoms with E-state index in [0.717, 1.165) is 27.1 Å². The Bertz CT molecular complexity index is 746. The summed E-state index contributed by atoms with van der Waals surface area (Å²) in [4.78, 5) is 1.06. The topological polar surface area (TPSA) is 36.7 Å². The van der Waals surface area contributed by atoms with Gasteiger partial charge in [0.15, 0.2) is 0 Å². The van der Waals surface area contributed by atoms with Crippen molar-refractivity contribution >= 4 is 23.2 Å². The van der Waals surface area contributed by atoms with Crippen molar-refractivity contribution in [1.29, 1.82) is 5.26 Å². The molecule has 0 saturated heterocycles. The first-order valence-corrected chi connectivity index (χ1v) is 6.54. The fourth-order valence-electron chi connectivity index (χ4n) is 2.51. The summed E-state index contributed by atoms with van der Waals surface area (Å²) in [6.45, 7) is 0. The van der Waals surface area contributed by atoms with Crippen molar-refractivity contribution in [3.63, 3.8) is 0 Å². The van der Waals surface area contributed by atoms with Crippen molar-refractivity contribution in [3.05, 3.63) is 53.2 Å². The number of benzene rings is 1. The third-order valence-corrected chi connectivity index (χ3v) is 4.21. The van der Waals surface area contributed by atoms with Crippen LogP contribution in [0.1, 0.15) is 16.7 Å². The first-order chi connectivity index (χ1) is 8.88. The number of hydrogen-bond donors (Lipinski definition) is 0. The van der Waals surface area contributed by atoms with E-state index in [0.29, 0.717) is 5.92 Å². The SMILES string of the molecule is N#Cc1c(-c2ccns2)ccc2c1C1=CC1C=C2. The lowest BCUT2D eigenvalue weighted by Gasteiger charge is -2.13. The minimum Gasteiger partial charge on any atom is -0.201 e. The van der Waals surface area contributed by atoms with Crippen molar-refractivity contribution in [3.8, 4) is 16.5 Å². The molecule has 0 amide bonds.